The summed E-state index contributed by atoms with van der Waals surface area (Å²) >= 11 is 1.40. The van der Waals surface area contributed by atoms with Gasteiger partial charge in [0.25, 0.3) is 11.5 Å². The number of hydrogen-bond donors (Lipinski definition) is 0. The summed E-state index contributed by atoms with van der Waals surface area (Å²) in [6.45, 7) is 0.770. The molecule has 0 spiro atoms. The summed E-state index contributed by atoms with van der Waals surface area (Å²) in [6.07, 6.45) is 10.2. The van der Waals surface area contributed by atoms with Gasteiger partial charge in [0, 0.05) is 30.4 Å². The molecule has 2 unspecified atom stereocenters. The van der Waals surface area contributed by atoms with Gasteiger partial charge in [-0.15, -0.1) is 11.3 Å². The molecule has 2 atom stereocenters. The monoisotopic (exact) mass is 317 g/mol. The first-order chi connectivity index (χ1) is 10.8. The van der Waals surface area contributed by atoms with Crippen LogP contribution in [0.5, 0.6) is 0 Å². The Kier molecular flexibility index (Phi) is 3.48. The maximum Gasteiger partial charge on any atom is 0.271 e. The summed E-state index contributed by atoms with van der Waals surface area (Å²) in [6, 6.07) is 0.317. The van der Waals surface area contributed by atoms with Crippen molar-refractivity contribution in [1.29, 1.82) is 0 Å². The predicted molar refractivity (Wildman–Crippen MR) is 85.4 cm³/mol. The van der Waals surface area contributed by atoms with E-state index < -0.39 is 0 Å². The quantitative estimate of drug-likeness (QED) is 0.812. The lowest BCUT2D eigenvalue weighted by Crippen LogP contribution is -2.50. The molecule has 2 fully saturated rings. The van der Waals surface area contributed by atoms with E-state index in [0.717, 1.165) is 19.4 Å². The van der Waals surface area contributed by atoms with Crippen molar-refractivity contribution in [2.45, 2.75) is 44.6 Å². The molecule has 1 amide bonds. The van der Waals surface area contributed by atoms with Crippen molar-refractivity contribution in [3.8, 4) is 0 Å². The van der Waals surface area contributed by atoms with Gasteiger partial charge in [0.1, 0.15) is 5.56 Å². The van der Waals surface area contributed by atoms with E-state index in [9.17, 15) is 9.59 Å². The zero-order valence-electron chi connectivity index (χ0n) is 12.4. The molecule has 0 bridgehead atoms. The van der Waals surface area contributed by atoms with E-state index in [1.807, 2.05) is 10.3 Å². The second kappa shape index (κ2) is 5.50. The van der Waals surface area contributed by atoms with Gasteiger partial charge in [-0.25, -0.2) is 4.98 Å². The molecule has 6 heteroatoms. The number of carbonyl (C=O) groups excluding carboxylic acids is 1. The lowest BCUT2D eigenvalue weighted by atomic mass is 9.78. The van der Waals surface area contributed by atoms with Crippen molar-refractivity contribution in [2.75, 3.05) is 6.54 Å². The molecule has 4 rings (SSSR count). The fourth-order valence-electron chi connectivity index (χ4n) is 4.00. The average Bonchev–Trinajstić information content (AvgIpc) is 3.04. The number of piperidine rings is 1. The summed E-state index contributed by atoms with van der Waals surface area (Å²) in [4.78, 5) is 32.3. The van der Waals surface area contributed by atoms with E-state index in [1.54, 1.807) is 6.20 Å². The third-order valence-electron chi connectivity index (χ3n) is 5.08. The van der Waals surface area contributed by atoms with Crippen molar-refractivity contribution >= 4 is 22.2 Å². The van der Waals surface area contributed by atoms with Gasteiger partial charge in [-0.3, -0.25) is 14.0 Å². The van der Waals surface area contributed by atoms with E-state index in [1.165, 1.54) is 47.6 Å². The zero-order valence-corrected chi connectivity index (χ0v) is 13.2. The Labute approximate surface area is 132 Å². The predicted octanol–water partition coefficient (Wildman–Crippen LogP) is 2.55. The first-order valence-electron chi connectivity index (χ1n) is 8.01. The highest BCUT2D eigenvalue weighted by Gasteiger charge is 2.36. The van der Waals surface area contributed by atoms with E-state index in [-0.39, 0.29) is 17.0 Å². The first kappa shape index (κ1) is 13.9. The molecule has 1 aliphatic carbocycles. The molecule has 22 heavy (non-hydrogen) atoms. The molecule has 2 aliphatic rings. The Morgan fingerprint density at radius 3 is 2.95 bits per heavy atom. The zero-order chi connectivity index (χ0) is 15.1. The molecule has 2 aromatic heterocycles. The number of nitrogens with zero attached hydrogens (tertiary/aromatic N) is 3. The highest BCUT2D eigenvalue weighted by molar-refractivity contribution is 7.15. The standard InChI is InChI=1S/C16H19N3O2S/c20-14(12-10-17-16-19(15(12)21)8-9-22-16)18-7-3-5-11-4-1-2-6-13(11)18/h8-11,13H,1-7H2. The van der Waals surface area contributed by atoms with Crippen molar-refractivity contribution in [1.82, 2.24) is 14.3 Å². The fourth-order valence-corrected chi connectivity index (χ4v) is 4.68. The highest BCUT2D eigenvalue weighted by atomic mass is 32.1. The number of likely N-dealkylation sites (tertiary alicyclic amines) is 1. The van der Waals surface area contributed by atoms with Crippen LogP contribution in [0, 0.1) is 5.92 Å². The minimum absolute atomic E-state index is 0.130. The maximum atomic E-state index is 12.9. The van der Waals surface area contributed by atoms with E-state index in [2.05, 4.69) is 4.98 Å². The highest BCUT2D eigenvalue weighted by Crippen LogP contribution is 2.35. The van der Waals surface area contributed by atoms with Gasteiger partial charge in [-0.05, 0) is 31.6 Å². The molecule has 116 valence electrons. The fraction of sp³-hybridized carbons (Fsp3) is 0.562. The van der Waals surface area contributed by atoms with E-state index >= 15 is 0 Å². The molecule has 2 aromatic rings. The number of amides is 1. The molecule has 0 N–H and O–H groups in total. The number of fused-ring (bicyclic) bond motifs is 2. The minimum Gasteiger partial charge on any atom is -0.335 e. The van der Waals surface area contributed by atoms with Gasteiger partial charge in [-0.1, -0.05) is 12.8 Å². The van der Waals surface area contributed by atoms with Gasteiger partial charge >= 0.3 is 0 Å². The lowest BCUT2D eigenvalue weighted by Gasteiger charge is -2.44. The number of thiazole rings is 1. The largest absolute Gasteiger partial charge is 0.335 e. The Morgan fingerprint density at radius 1 is 1.23 bits per heavy atom. The van der Waals surface area contributed by atoms with Gasteiger partial charge in [0.05, 0.1) is 0 Å². The molecule has 1 saturated heterocycles. The van der Waals surface area contributed by atoms with Crippen LogP contribution < -0.4 is 5.56 Å². The maximum absolute atomic E-state index is 12.9. The van der Waals surface area contributed by atoms with Gasteiger partial charge < -0.3 is 4.90 Å². The van der Waals surface area contributed by atoms with Crippen molar-refractivity contribution in [2.24, 2.45) is 5.92 Å². The molecule has 3 heterocycles. The van der Waals surface area contributed by atoms with Crippen LogP contribution in [-0.4, -0.2) is 32.8 Å². The van der Waals surface area contributed by atoms with Crippen LogP contribution in [0.2, 0.25) is 0 Å². The van der Waals surface area contributed by atoms with E-state index in [4.69, 9.17) is 0 Å². The topological polar surface area (TPSA) is 54.7 Å². The lowest BCUT2D eigenvalue weighted by molar-refractivity contribution is 0.0388. The molecular weight excluding hydrogens is 298 g/mol. The van der Waals surface area contributed by atoms with Crippen LogP contribution in [0.3, 0.4) is 0 Å². The molecule has 1 aliphatic heterocycles. The Morgan fingerprint density at radius 2 is 2.05 bits per heavy atom. The van der Waals surface area contributed by atoms with Gasteiger partial charge in [-0.2, -0.15) is 0 Å². The SMILES string of the molecule is O=C(c1cnc2sccn2c1=O)N1CCCC2CCCCC21. The minimum atomic E-state index is -0.241. The van der Waals surface area contributed by atoms with E-state index in [0.29, 0.717) is 16.9 Å². The second-order valence-electron chi connectivity index (χ2n) is 6.29. The van der Waals surface area contributed by atoms with Crippen LogP contribution in [0.4, 0.5) is 0 Å². The van der Waals surface area contributed by atoms with Gasteiger partial charge in [0.15, 0.2) is 4.96 Å². The summed E-state index contributed by atoms with van der Waals surface area (Å²) in [5.74, 6) is 0.488. The summed E-state index contributed by atoms with van der Waals surface area (Å²) in [5.41, 5.74) is -0.0312. The number of aromatic nitrogens is 2. The second-order valence-corrected chi connectivity index (χ2v) is 7.16. The number of hydrogen-bond acceptors (Lipinski definition) is 4. The van der Waals surface area contributed by atoms with Crippen LogP contribution in [-0.2, 0) is 0 Å². The first-order valence-corrected chi connectivity index (χ1v) is 8.89. The Balaban J connectivity index is 1.70. The summed E-state index contributed by atoms with van der Waals surface area (Å²) in [7, 11) is 0. The van der Waals surface area contributed by atoms with Crippen LogP contribution in [0.15, 0.2) is 22.6 Å². The molecule has 1 saturated carbocycles. The van der Waals surface area contributed by atoms with Gasteiger partial charge in [0.2, 0.25) is 0 Å². The van der Waals surface area contributed by atoms with Crippen molar-refractivity contribution in [3.63, 3.8) is 0 Å². The smallest absolute Gasteiger partial charge is 0.271 e. The third-order valence-corrected chi connectivity index (χ3v) is 5.85. The third kappa shape index (κ3) is 2.17. The molecule has 0 radical (unpaired) electrons. The molecule has 0 aromatic carbocycles. The van der Waals surface area contributed by atoms with Crippen LogP contribution in [0.1, 0.15) is 48.9 Å². The molecular formula is C16H19N3O2S. The summed E-state index contributed by atoms with van der Waals surface area (Å²) in [5, 5.41) is 1.82. The normalized spacial score (nSPS) is 25.2. The van der Waals surface area contributed by atoms with Crippen LogP contribution in [0.25, 0.3) is 4.96 Å². The number of carbonyl (C=O) groups is 1. The average molecular weight is 317 g/mol. The van der Waals surface area contributed by atoms with Crippen molar-refractivity contribution < 1.29 is 4.79 Å². The van der Waals surface area contributed by atoms with Crippen LogP contribution >= 0.6 is 11.3 Å². The Bertz CT molecular complexity index is 764. The number of rotatable bonds is 1. The Hall–Kier alpha value is -1.69. The van der Waals surface area contributed by atoms with Crippen molar-refractivity contribution in [3.05, 3.63) is 33.7 Å². The summed E-state index contributed by atoms with van der Waals surface area (Å²) < 4.78 is 1.47. The molecule has 5 nitrogen and oxygen atoms in total.